The molecule has 0 heterocycles. The Balaban J connectivity index is 1.93. The van der Waals surface area contributed by atoms with Crippen LogP contribution in [0, 0.1) is 0 Å². The first-order valence-corrected chi connectivity index (χ1v) is 7.86. The predicted octanol–water partition coefficient (Wildman–Crippen LogP) is 1.25. The Morgan fingerprint density at radius 2 is 1.90 bits per heavy atom. The van der Waals surface area contributed by atoms with Crippen LogP contribution in [0.3, 0.4) is 0 Å². The lowest BCUT2D eigenvalue weighted by molar-refractivity contribution is -0.109. The van der Waals surface area contributed by atoms with Gasteiger partial charge in [-0.15, -0.1) is 0 Å². The molecule has 1 aliphatic carbocycles. The fraction of sp³-hybridized carbons (Fsp3) is 0.467. The number of benzene rings is 1. The van der Waals surface area contributed by atoms with E-state index in [1.807, 2.05) is 0 Å². The van der Waals surface area contributed by atoms with Crippen molar-refractivity contribution < 1.29 is 19.8 Å². The summed E-state index contributed by atoms with van der Waals surface area (Å²) in [5.41, 5.74) is 1.06. The van der Waals surface area contributed by atoms with E-state index in [-0.39, 0.29) is 16.8 Å². The van der Waals surface area contributed by atoms with Crippen LogP contribution in [-0.2, 0) is 4.79 Å². The van der Waals surface area contributed by atoms with Crippen molar-refractivity contribution in [2.24, 2.45) is 0 Å². The van der Waals surface area contributed by atoms with Gasteiger partial charge in [0, 0.05) is 24.3 Å². The second-order valence-corrected chi connectivity index (χ2v) is 6.38. The average molecular weight is 309 g/mol. The van der Waals surface area contributed by atoms with Crippen LogP contribution in [0.2, 0.25) is 0 Å². The fourth-order valence-corrected chi connectivity index (χ4v) is 2.43. The largest absolute Gasteiger partial charge is 0.389 e. The van der Waals surface area contributed by atoms with Gasteiger partial charge >= 0.3 is 0 Å². The summed E-state index contributed by atoms with van der Waals surface area (Å²) in [6.07, 6.45) is -0.0344. The highest BCUT2D eigenvalue weighted by Gasteiger charge is 2.24. The number of aliphatic hydroxyl groups excluding tert-OH is 2. The van der Waals surface area contributed by atoms with Gasteiger partial charge in [0.1, 0.15) is 6.10 Å². The van der Waals surface area contributed by atoms with Crippen LogP contribution in [-0.4, -0.2) is 39.1 Å². The molecular weight excluding hydrogens is 290 g/mol. The number of hydrogen-bond acceptors (Lipinski definition) is 5. The van der Waals surface area contributed by atoms with E-state index in [9.17, 15) is 19.8 Å². The van der Waals surface area contributed by atoms with Crippen molar-refractivity contribution in [1.29, 1.82) is 0 Å². The van der Waals surface area contributed by atoms with Gasteiger partial charge in [0.05, 0.1) is 6.10 Å². The maximum Gasteiger partial charge on any atom is 0.251 e. The maximum atomic E-state index is 11.8. The minimum atomic E-state index is -1.07. The van der Waals surface area contributed by atoms with Crippen molar-refractivity contribution in [2.45, 2.75) is 38.0 Å². The molecule has 2 rings (SSSR count). The summed E-state index contributed by atoms with van der Waals surface area (Å²) in [4.78, 5) is 22.7. The molecule has 1 aromatic carbocycles. The molecule has 5 nitrogen and oxygen atoms in total. The third-order valence-corrected chi connectivity index (χ3v) is 4.16. The Hall–Kier alpha value is -1.37. The molecule has 0 saturated heterocycles. The molecule has 2 unspecified atom stereocenters. The summed E-state index contributed by atoms with van der Waals surface area (Å²) in [7, 11) is 0. The van der Waals surface area contributed by atoms with Gasteiger partial charge in [0.15, 0.2) is 5.12 Å². The molecule has 6 heteroatoms. The van der Waals surface area contributed by atoms with Crippen molar-refractivity contribution in [3.8, 4) is 0 Å². The summed E-state index contributed by atoms with van der Waals surface area (Å²) in [5.74, 6) is 0.0201. The molecule has 3 N–H and O–H groups in total. The molecule has 0 bridgehead atoms. The van der Waals surface area contributed by atoms with Gasteiger partial charge in [0.2, 0.25) is 0 Å². The lowest BCUT2D eigenvalue weighted by atomic mass is 10.0. The quantitative estimate of drug-likeness (QED) is 0.736. The summed E-state index contributed by atoms with van der Waals surface area (Å²) in [5, 5.41) is 22.6. The van der Waals surface area contributed by atoms with E-state index in [2.05, 4.69) is 5.32 Å². The lowest BCUT2D eigenvalue weighted by Crippen LogP contribution is -2.25. The molecule has 0 radical (unpaired) electrons. The van der Waals surface area contributed by atoms with Crippen molar-refractivity contribution in [1.82, 2.24) is 5.32 Å². The molecule has 1 aromatic rings. The lowest BCUT2D eigenvalue weighted by Gasteiger charge is -2.17. The normalized spacial score (nSPS) is 17.1. The molecule has 21 heavy (non-hydrogen) atoms. The van der Waals surface area contributed by atoms with Gasteiger partial charge in [-0.05, 0) is 30.5 Å². The highest BCUT2D eigenvalue weighted by molar-refractivity contribution is 8.13. The zero-order chi connectivity index (χ0) is 15.4. The van der Waals surface area contributed by atoms with Crippen molar-refractivity contribution in [2.75, 3.05) is 5.75 Å². The second kappa shape index (κ2) is 7.06. The number of amides is 1. The molecule has 1 amide bonds. The van der Waals surface area contributed by atoms with Crippen LogP contribution in [0.25, 0.3) is 0 Å². The summed E-state index contributed by atoms with van der Waals surface area (Å²) >= 11 is 0.971. The van der Waals surface area contributed by atoms with E-state index in [0.717, 1.165) is 24.6 Å². The Morgan fingerprint density at radius 3 is 2.43 bits per heavy atom. The number of hydrogen-bond donors (Lipinski definition) is 3. The monoisotopic (exact) mass is 309 g/mol. The Morgan fingerprint density at radius 1 is 1.29 bits per heavy atom. The fourth-order valence-electron chi connectivity index (χ4n) is 1.84. The Labute approximate surface area is 127 Å². The zero-order valence-corrected chi connectivity index (χ0v) is 12.6. The van der Waals surface area contributed by atoms with Gasteiger partial charge in [-0.3, -0.25) is 9.59 Å². The number of aliphatic hydroxyl groups is 2. The van der Waals surface area contributed by atoms with E-state index in [0.29, 0.717) is 17.2 Å². The Bertz CT molecular complexity index is 513. The van der Waals surface area contributed by atoms with E-state index < -0.39 is 12.2 Å². The zero-order valence-electron chi connectivity index (χ0n) is 11.8. The van der Waals surface area contributed by atoms with E-state index in [4.69, 9.17) is 0 Å². The molecule has 1 fully saturated rings. The van der Waals surface area contributed by atoms with Gasteiger partial charge in [0.25, 0.3) is 5.91 Å². The summed E-state index contributed by atoms with van der Waals surface area (Å²) in [6.45, 7) is 1.41. The number of rotatable bonds is 6. The minimum Gasteiger partial charge on any atom is -0.389 e. The first kappa shape index (κ1) is 16.0. The molecule has 114 valence electrons. The minimum absolute atomic E-state index is 0.103. The molecule has 1 aliphatic rings. The smallest absolute Gasteiger partial charge is 0.251 e. The number of carbonyl (C=O) groups is 2. The predicted molar refractivity (Wildman–Crippen MR) is 81.0 cm³/mol. The standard InChI is InChI=1S/C15H19NO4S/c1-9(17)21-8-13(18)14(19)10-2-4-11(5-3-10)15(20)16-12-6-7-12/h2-5,12-14,18-19H,6-8H2,1H3,(H,16,20). The number of thioether (sulfide) groups is 1. The van der Waals surface area contributed by atoms with Gasteiger partial charge in [-0.1, -0.05) is 23.9 Å². The Kier molecular flexibility index (Phi) is 5.39. The van der Waals surface area contributed by atoms with E-state index >= 15 is 0 Å². The number of carbonyl (C=O) groups excluding carboxylic acids is 2. The van der Waals surface area contributed by atoms with Gasteiger partial charge in [-0.2, -0.15) is 0 Å². The molecular formula is C15H19NO4S. The van der Waals surface area contributed by atoms with Crippen molar-refractivity contribution in [3.05, 3.63) is 35.4 Å². The van der Waals surface area contributed by atoms with Crippen LogP contribution in [0.15, 0.2) is 24.3 Å². The first-order chi connectivity index (χ1) is 9.97. The summed E-state index contributed by atoms with van der Waals surface area (Å²) in [6, 6.07) is 6.79. The molecule has 0 spiro atoms. The van der Waals surface area contributed by atoms with Crippen LogP contribution in [0.4, 0.5) is 0 Å². The van der Waals surface area contributed by atoms with Crippen LogP contribution in [0.1, 0.15) is 41.8 Å². The molecule has 1 saturated carbocycles. The van der Waals surface area contributed by atoms with Gasteiger partial charge in [-0.25, -0.2) is 0 Å². The maximum absolute atomic E-state index is 11.8. The third kappa shape index (κ3) is 4.84. The molecule has 0 aliphatic heterocycles. The van der Waals surface area contributed by atoms with Crippen molar-refractivity contribution >= 4 is 22.8 Å². The highest BCUT2D eigenvalue weighted by atomic mass is 32.2. The number of nitrogens with one attached hydrogen (secondary N) is 1. The highest BCUT2D eigenvalue weighted by Crippen LogP contribution is 2.22. The molecule has 0 aromatic heterocycles. The van der Waals surface area contributed by atoms with Crippen LogP contribution < -0.4 is 5.32 Å². The van der Waals surface area contributed by atoms with Crippen molar-refractivity contribution in [3.63, 3.8) is 0 Å². The first-order valence-electron chi connectivity index (χ1n) is 6.87. The van der Waals surface area contributed by atoms with Crippen LogP contribution in [0.5, 0.6) is 0 Å². The SMILES string of the molecule is CC(=O)SCC(O)C(O)c1ccc(C(=O)NC2CC2)cc1. The molecule has 2 atom stereocenters. The average Bonchev–Trinajstić information content (AvgIpc) is 3.28. The second-order valence-electron chi connectivity index (χ2n) is 5.18. The van der Waals surface area contributed by atoms with Gasteiger partial charge < -0.3 is 15.5 Å². The van der Waals surface area contributed by atoms with E-state index in [1.54, 1.807) is 24.3 Å². The van der Waals surface area contributed by atoms with E-state index in [1.165, 1.54) is 6.92 Å². The summed E-state index contributed by atoms with van der Waals surface area (Å²) < 4.78 is 0. The van der Waals surface area contributed by atoms with Crippen LogP contribution >= 0.6 is 11.8 Å². The third-order valence-electron chi connectivity index (χ3n) is 3.25. The topological polar surface area (TPSA) is 86.6 Å².